The summed E-state index contributed by atoms with van der Waals surface area (Å²) in [6.07, 6.45) is 4.05. The highest BCUT2D eigenvalue weighted by molar-refractivity contribution is 7.89. The van der Waals surface area contributed by atoms with Gasteiger partial charge in [-0.1, -0.05) is 43.2 Å². The van der Waals surface area contributed by atoms with Gasteiger partial charge in [0.15, 0.2) is 5.78 Å². The molecule has 0 aliphatic rings. The molecule has 0 radical (unpaired) electrons. The van der Waals surface area contributed by atoms with Crippen LogP contribution in [0.1, 0.15) is 48.5 Å². The van der Waals surface area contributed by atoms with Crippen molar-refractivity contribution in [3.05, 3.63) is 34.8 Å². The Bertz CT molecular complexity index is 923. The largest absolute Gasteiger partial charge is 0.299 e. The zero-order valence-corrected chi connectivity index (χ0v) is 17.8. The van der Waals surface area contributed by atoms with E-state index < -0.39 is 15.9 Å². The normalized spacial score (nSPS) is 11.6. The fraction of sp³-hybridized carbons (Fsp3) is 0.444. The maximum Gasteiger partial charge on any atom is 0.243 e. The molecule has 0 aliphatic heterocycles. The molecule has 1 aromatic heterocycles. The van der Waals surface area contributed by atoms with Crippen LogP contribution in [0.3, 0.4) is 0 Å². The third-order valence-electron chi connectivity index (χ3n) is 4.04. The van der Waals surface area contributed by atoms with Gasteiger partial charge < -0.3 is 0 Å². The van der Waals surface area contributed by atoms with Gasteiger partial charge in [-0.3, -0.25) is 14.9 Å². The summed E-state index contributed by atoms with van der Waals surface area (Å²) in [5.74, 6) is -0.648. The number of sulfonamides is 1. The standard InChI is InChI=1S/C18H24N4O4S2/c1-4-5-6-7-17-20-21-18(27-17)19-16(24)12-22(3)28(25,26)15-10-8-14(9-11-15)13(2)23/h8-11H,4-7,12H2,1-3H3,(H,19,21,24). The number of carbonyl (C=O) groups is 2. The number of nitrogens with one attached hydrogen (secondary N) is 1. The fourth-order valence-corrected chi connectivity index (χ4v) is 4.34. The van der Waals surface area contributed by atoms with E-state index in [1.165, 1.54) is 49.6 Å². The van der Waals surface area contributed by atoms with Gasteiger partial charge in [-0.25, -0.2) is 8.42 Å². The monoisotopic (exact) mass is 424 g/mol. The molecule has 8 nitrogen and oxygen atoms in total. The molecule has 0 fully saturated rings. The topological polar surface area (TPSA) is 109 Å². The zero-order valence-electron chi connectivity index (χ0n) is 16.1. The second-order valence-corrected chi connectivity index (χ2v) is 9.45. The highest BCUT2D eigenvalue weighted by Gasteiger charge is 2.23. The van der Waals surface area contributed by atoms with E-state index in [-0.39, 0.29) is 17.2 Å². The molecule has 0 spiro atoms. The molecular weight excluding hydrogens is 400 g/mol. The number of benzene rings is 1. The van der Waals surface area contributed by atoms with E-state index in [4.69, 9.17) is 0 Å². The lowest BCUT2D eigenvalue weighted by molar-refractivity contribution is -0.116. The Labute approximate surface area is 169 Å². The lowest BCUT2D eigenvalue weighted by Gasteiger charge is -2.16. The molecule has 152 valence electrons. The van der Waals surface area contributed by atoms with Crippen molar-refractivity contribution in [3.63, 3.8) is 0 Å². The Morgan fingerprint density at radius 1 is 1.14 bits per heavy atom. The Hall–Kier alpha value is -2.17. The quantitative estimate of drug-likeness (QED) is 0.464. The van der Waals surface area contributed by atoms with Crippen molar-refractivity contribution >= 4 is 38.2 Å². The number of rotatable bonds is 10. The molecule has 0 bridgehead atoms. The van der Waals surface area contributed by atoms with Crippen LogP contribution in [0.15, 0.2) is 29.2 Å². The van der Waals surface area contributed by atoms with Gasteiger partial charge in [0.2, 0.25) is 21.1 Å². The Morgan fingerprint density at radius 3 is 2.43 bits per heavy atom. The summed E-state index contributed by atoms with van der Waals surface area (Å²) in [7, 11) is -2.53. The summed E-state index contributed by atoms with van der Waals surface area (Å²) < 4.78 is 26.1. The zero-order chi connectivity index (χ0) is 20.7. The van der Waals surface area contributed by atoms with Gasteiger partial charge in [-0.2, -0.15) is 4.31 Å². The third-order valence-corrected chi connectivity index (χ3v) is 6.76. The number of aromatic nitrogens is 2. The minimum Gasteiger partial charge on any atom is -0.299 e. The Morgan fingerprint density at radius 2 is 1.82 bits per heavy atom. The smallest absolute Gasteiger partial charge is 0.243 e. The fourth-order valence-electron chi connectivity index (χ4n) is 2.42. The summed E-state index contributed by atoms with van der Waals surface area (Å²) in [5, 5.41) is 11.7. The number of hydrogen-bond donors (Lipinski definition) is 1. The van der Waals surface area contributed by atoms with Crippen LogP contribution >= 0.6 is 11.3 Å². The van der Waals surface area contributed by atoms with Crippen molar-refractivity contribution in [2.24, 2.45) is 0 Å². The summed E-state index contributed by atoms with van der Waals surface area (Å²) >= 11 is 1.29. The minimum atomic E-state index is -3.85. The van der Waals surface area contributed by atoms with Crippen molar-refractivity contribution in [1.82, 2.24) is 14.5 Å². The van der Waals surface area contributed by atoms with Gasteiger partial charge in [0.25, 0.3) is 0 Å². The number of carbonyl (C=O) groups excluding carboxylic acids is 2. The first kappa shape index (κ1) is 22.1. The number of aryl methyl sites for hydroxylation is 1. The van der Waals surface area contributed by atoms with Crippen LogP contribution in [0.4, 0.5) is 5.13 Å². The second-order valence-electron chi connectivity index (χ2n) is 6.35. The number of hydrogen-bond acceptors (Lipinski definition) is 7. The lowest BCUT2D eigenvalue weighted by Crippen LogP contribution is -2.35. The van der Waals surface area contributed by atoms with Crippen molar-refractivity contribution in [2.45, 2.75) is 44.4 Å². The lowest BCUT2D eigenvalue weighted by atomic mass is 10.2. The predicted molar refractivity (Wildman–Crippen MR) is 108 cm³/mol. The van der Waals surface area contributed by atoms with Crippen LogP contribution in [-0.4, -0.2) is 48.2 Å². The van der Waals surface area contributed by atoms with Gasteiger partial charge in [0, 0.05) is 19.0 Å². The van der Waals surface area contributed by atoms with Crippen LogP contribution in [0.2, 0.25) is 0 Å². The number of Topliss-reactive ketones (excluding diaryl/α,β-unsaturated/α-hetero) is 1. The second kappa shape index (κ2) is 9.85. The van der Waals surface area contributed by atoms with Crippen LogP contribution < -0.4 is 5.32 Å². The molecule has 0 aliphatic carbocycles. The van der Waals surface area contributed by atoms with E-state index in [0.717, 1.165) is 35.0 Å². The number of unbranched alkanes of at least 4 members (excludes halogenated alkanes) is 2. The molecule has 1 N–H and O–H groups in total. The van der Waals surface area contributed by atoms with E-state index in [9.17, 15) is 18.0 Å². The maximum absolute atomic E-state index is 12.6. The molecule has 10 heteroatoms. The van der Waals surface area contributed by atoms with Crippen molar-refractivity contribution in [1.29, 1.82) is 0 Å². The van der Waals surface area contributed by atoms with Crippen LogP contribution in [-0.2, 0) is 21.2 Å². The number of ketones is 1. The number of amides is 1. The summed E-state index contributed by atoms with van der Waals surface area (Å²) in [6, 6.07) is 5.61. The average Bonchev–Trinajstić information content (AvgIpc) is 3.09. The molecule has 0 saturated carbocycles. The molecule has 1 heterocycles. The van der Waals surface area contributed by atoms with Gasteiger partial charge in [-0.05, 0) is 25.5 Å². The first-order chi connectivity index (χ1) is 13.2. The van der Waals surface area contributed by atoms with Crippen LogP contribution in [0.5, 0.6) is 0 Å². The molecule has 0 atom stereocenters. The van der Waals surface area contributed by atoms with E-state index >= 15 is 0 Å². The summed E-state index contributed by atoms with van der Waals surface area (Å²) in [6.45, 7) is 3.16. The molecule has 0 saturated heterocycles. The number of likely N-dealkylation sites (N-methyl/N-ethyl adjacent to an activating group) is 1. The Balaban J connectivity index is 1.96. The maximum atomic E-state index is 12.6. The number of anilines is 1. The average molecular weight is 425 g/mol. The van der Waals surface area contributed by atoms with Gasteiger partial charge in [0.05, 0.1) is 11.4 Å². The first-order valence-corrected chi connectivity index (χ1v) is 11.2. The van der Waals surface area contributed by atoms with E-state index in [0.29, 0.717) is 10.7 Å². The number of nitrogens with zero attached hydrogens (tertiary/aromatic N) is 3. The summed E-state index contributed by atoms with van der Waals surface area (Å²) in [5.41, 5.74) is 0.422. The molecule has 1 amide bonds. The van der Waals surface area contributed by atoms with E-state index in [1.54, 1.807) is 0 Å². The molecule has 0 unspecified atom stereocenters. The molecule has 2 rings (SSSR count). The highest BCUT2D eigenvalue weighted by Crippen LogP contribution is 2.18. The summed E-state index contributed by atoms with van der Waals surface area (Å²) in [4.78, 5) is 23.5. The van der Waals surface area contributed by atoms with E-state index in [1.807, 2.05) is 0 Å². The SMILES string of the molecule is CCCCCc1nnc(NC(=O)CN(C)S(=O)(=O)c2ccc(C(C)=O)cc2)s1. The van der Waals surface area contributed by atoms with Gasteiger partial charge in [-0.15, -0.1) is 10.2 Å². The van der Waals surface area contributed by atoms with Crippen LogP contribution in [0, 0.1) is 0 Å². The van der Waals surface area contributed by atoms with Crippen molar-refractivity contribution in [3.8, 4) is 0 Å². The first-order valence-electron chi connectivity index (χ1n) is 8.93. The van der Waals surface area contributed by atoms with Crippen molar-refractivity contribution in [2.75, 3.05) is 18.9 Å². The van der Waals surface area contributed by atoms with Gasteiger partial charge >= 0.3 is 0 Å². The molecule has 28 heavy (non-hydrogen) atoms. The van der Waals surface area contributed by atoms with Crippen molar-refractivity contribution < 1.29 is 18.0 Å². The molecular formula is C18H24N4O4S2. The van der Waals surface area contributed by atoms with E-state index in [2.05, 4.69) is 22.4 Å². The highest BCUT2D eigenvalue weighted by atomic mass is 32.2. The molecule has 1 aromatic carbocycles. The minimum absolute atomic E-state index is 0.0157. The molecule has 2 aromatic rings. The third kappa shape index (κ3) is 5.91. The predicted octanol–water partition coefficient (Wildman–Crippen LogP) is 2.73. The Kier molecular flexibility index (Phi) is 7.78. The van der Waals surface area contributed by atoms with Crippen LogP contribution in [0.25, 0.3) is 0 Å². The van der Waals surface area contributed by atoms with Gasteiger partial charge in [0.1, 0.15) is 5.01 Å².